The van der Waals surface area contributed by atoms with Gasteiger partial charge in [-0.1, -0.05) is 40.5 Å². The van der Waals surface area contributed by atoms with Gasteiger partial charge in [-0.2, -0.15) is 0 Å². The van der Waals surface area contributed by atoms with Gasteiger partial charge in [-0.25, -0.2) is 13.1 Å². The molecule has 30 heavy (non-hydrogen) atoms. The molecule has 1 aliphatic rings. The second-order valence-electron chi connectivity index (χ2n) is 7.18. The van der Waals surface area contributed by atoms with Gasteiger partial charge in [0, 0.05) is 10.5 Å². The quantitative estimate of drug-likeness (QED) is 0.544. The first-order chi connectivity index (χ1) is 14.3. The highest BCUT2D eigenvalue weighted by atomic mass is 79.9. The predicted octanol–water partition coefficient (Wildman–Crippen LogP) is 4.04. The van der Waals surface area contributed by atoms with Gasteiger partial charge in [0.1, 0.15) is 10.6 Å². The molecule has 0 aliphatic heterocycles. The normalized spacial score (nSPS) is 15.6. The van der Waals surface area contributed by atoms with Gasteiger partial charge < -0.3 is 10.1 Å². The molecule has 6 nitrogen and oxygen atoms in total. The van der Waals surface area contributed by atoms with E-state index in [4.69, 9.17) is 4.74 Å². The summed E-state index contributed by atoms with van der Waals surface area (Å²) >= 11 is 3.44. The van der Waals surface area contributed by atoms with Crippen LogP contribution in [0.4, 0.5) is 0 Å². The monoisotopic (exact) mass is 492 g/mol. The molecule has 1 aliphatic carbocycles. The van der Waals surface area contributed by atoms with Crippen molar-refractivity contribution >= 4 is 37.9 Å². The summed E-state index contributed by atoms with van der Waals surface area (Å²) in [5.41, 5.74) is 1.67. The van der Waals surface area contributed by atoms with Crippen LogP contribution in [0.25, 0.3) is 6.08 Å². The lowest BCUT2D eigenvalue weighted by Crippen LogP contribution is -2.35. The predicted molar refractivity (Wildman–Crippen MR) is 121 cm³/mol. The van der Waals surface area contributed by atoms with Crippen molar-refractivity contribution in [3.05, 3.63) is 64.1 Å². The lowest BCUT2D eigenvalue weighted by Gasteiger charge is -2.34. The van der Waals surface area contributed by atoms with Crippen molar-refractivity contribution in [1.29, 1.82) is 0 Å². The van der Waals surface area contributed by atoms with E-state index in [0.29, 0.717) is 11.5 Å². The van der Waals surface area contributed by atoms with Gasteiger partial charge in [-0.3, -0.25) is 4.79 Å². The van der Waals surface area contributed by atoms with Crippen LogP contribution in [-0.4, -0.2) is 28.5 Å². The molecule has 0 aromatic heterocycles. The van der Waals surface area contributed by atoms with E-state index in [9.17, 15) is 13.2 Å². The van der Waals surface area contributed by atoms with Crippen molar-refractivity contribution in [2.45, 2.75) is 30.2 Å². The Hall–Kier alpha value is -2.16. The second kappa shape index (κ2) is 9.76. The summed E-state index contributed by atoms with van der Waals surface area (Å²) in [6.07, 6.45) is 6.39. The van der Waals surface area contributed by atoms with Gasteiger partial charge in [0.15, 0.2) is 0 Å². The number of rotatable bonds is 8. The number of amides is 1. The first-order valence-corrected chi connectivity index (χ1v) is 12.0. The molecule has 1 saturated carbocycles. The minimum Gasteiger partial charge on any atom is -0.495 e. The molecule has 0 radical (unpaired) electrons. The smallest absolute Gasteiger partial charge is 0.244 e. The maximum atomic E-state index is 12.6. The maximum absolute atomic E-state index is 12.6. The highest BCUT2D eigenvalue weighted by Crippen LogP contribution is 2.38. The summed E-state index contributed by atoms with van der Waals surface area (Å²) in [7, 11) is -0.928. The maximum Gasteiger partial charge on any atom is 0.244 e. The second-order valence-corrected chi connectivity index (χ2v) is 9.95. The van der Waals surface area contributed by atoms with Crippen molar-refractivity contribution in [1.82, 2.24) is 10.0 Å². The minimum atomic E-state index is -3.68. The zero-order valence-electron chi connectivity index (χ0n) is 16.9. The van der Waals surface area contributed by atoms with E-state index in [0.717, 1.165) is 22.9 Å². The number of nitrogens with one attached hydrogen (secondary N) is 2. The fourth-order valence-electron chi connectivity index (χ4n) is 3.41. The van der Waals surface area contributed by atoms with Crippen LogP contribution in [0.15, 0.2) is 57.9 Å². The molecule has 1 atom stereocenters. The fourth-order valence-corrected chi connectivity index (χ4v) is 4.60. The largest absolute Gasteiger partial charge is 0.495 e. The zero-order valence-corrected chi connectivity index (χ0v) is 19.3. The van der Waals surface area contributed by atoms with Crippen LogP contribution in [-0.2, 0) is 14.8 Å². The molecule has 0 spiro atoms. The van der Waals surface area contributed by atoms with Crippen molar-refractivity contribution in [3.63, 3.8) is 0 Å². The lowest BCUT2D eigenvalue weighted by atomic mass is 9.77. The van der Waals surface area contributed by atoms with Crippen molar-refractivity contribution in [2.75, 3.05) is 14.2 Å². The van der Waals surface area contributed by atoms with Crippen LogP contribution >= 0.6 is 15.9 Å². The van der Waals surface area contributed by atoms with Gasteiger partial charge in [0.05, 0.1) is 13.2 Å². The number of hydrogen-bond acceptors (Lipinski definition) is 4. The zero-order chi connectivity index (χ0) is 21.7. The van der Waals surface area contributed by atoms with Crippen LogP contribution in [0.3, 0.4) is 0 Å². The molecule has 0 bridgehead atoms. The van der Waals surface area contributed by atoms with Crippen molar-refractivity contribution < 1.29 is 17.9 Å². The molecule has 0 heterocycles. The van der Waals surface area contributed by atoms with Crippen LogP contribution in [0.1, 0.15) is 36.4 Å². The standard InChI is InChI=1S/C22H25BrN2O4S/c1-24-30(27,28)20-14-15(6-12-19(20)29-2)7-13-21(26)25-22(16-4-3-5-16)17-8-10-18(23)11-9-17/h6-14,16,22,24H,3-5H2,1-2H3,(H,25,26). The third-order valence-corrected chi connectivity index (χ3v) is 7.29. The molecule has 160 valence electrons. The highest BCUT2D eigenvalue weighted by molar-refractivity contribution is 9.10. The van der Waals surface area contributed by atoms with Gasteiger partial charge in [0.2, 0.25) is 15.9 Å². The Morgan fingerprint density at radius 2 is 1.90 bits per heavy atom. The van der Waals surface area contributed by atoms with E-state index >= 15 is 0 Å². The van der Waals surface area contributed by atoms with Crippen LogP contribution in [0.5, 0.6) is 5.75 Å². The topological polar surface area (TPSA) is 84.5 Å². The molecular weight excluding hydrogens is 468 g/mol. The highest BCUT2D eigenvalue weighted by Gasteiger charge is 2.29. The fraction of sp³-hybridized carbons (Fsp3) is 0.318. The van der Waals surface area contributed by atoms with E-state index in [-0.39, 0.29) is 22.6 Å². The SMILES string of the molecule is CNS(=O)(=O)c1cc(C=CC(=O)NC(c2ccc(Br)cc2)C2CCC2)ccc1OC. The van der Waals surface area contributed by atoms with Gasteiger partial charge >= 0.3 is 0 Å². The number of methoxy groups -OCH3 is 1. The molecule has 1 fully saturated rings. The number of halogens is 1. The van der Waals surface area contributed by atoms with Crippen LogP contribution < -0.4 is 14.8 Å². The number of hydrogen-bond donors (Lipinski definition) is 2. The number of sulfonamides is 1. The summed E-state index contributed by atoms with van der Waals surface area (Å²) in [5.74, 6) is 0.451. The van der Waals surface area contributed by atoms with E-state index in [1.165, 1.54) is 32.7 Å². The molecule has 1 amide bonds. The Balaban J connectivity index is 1.77. The lowest BCUT2D eigenvalue weighted by molar-refractivity contribution is -0.117. The molecule has 1 unspecified atom stereocenters. The summed E-state index contributed by atoms with van der Waals surface area (Å²) in [6.45, 7) is 0. The first-order valence-electron chi connectivity index (χ1n) is 9.69. The minimum absolute atomic E-state index is 0.0252. The number of carbonyl (C=O) groups is 1. The number of carbonyl (C=O) groups excluding carboxylic acids is 1. The van der Waals surface area contributed by atoms with Crippen molar-refractivity contribution in [3.8, 4) is 5.75 Å². The van der Waals surface area contributed by atoms with Crippen molar-refractivity contribution in [2.24, 2.45) is 5.92 Å². The summed E-state index contributed by atoms with van der Waals surface area (Å²) < 4.78 is 32.9. The molecule has 8 heteroatoms. The molecular formula is C22H25BrN2O4S. The number of ether oxygens (including phenoxy) is 1. The Kier molecular flexibility index (Phi) is 7.33. The van der Waals surface area contributed by atoms with Crippen LogP contribution in [0, 0.1) is 5.92 Å². The summed E-state index contributed by atoms with van der Waals surface area (Å²) in [6, 6.07) is 12.7. The average Bonchev–Trinajstić information content (AvgIpc) is 2.71. The average molecular weight is 493 g/mol. The van der Waals surface area contributed by atoms with Crippen LogP contribution in [0.2, 0.25) is 0 Å². The van der Waals surface area contributed by atoms with E-state index < -0.39 is 10.0 Å². The van der Waals surface area contributed by atoms with E-state index in [2.05, 4.69) is 26.0 Å². The number of benzene rings is 2. The van der Waals surface area contributed by atoms with Gasteiger partial charge in [-0.05, 0) is 67.3 Å². The Morgan fingerprint density at radius 1 is 1.20 bits per heavy atom. The van der Waals surface area contributed by atoms with E-state index in [1.807, 2.05) is 24.3 Å². The summed E-state index contributed by atoms with van der Waals surface area (Å²) in [5, 5.41) is 3.11. The third-order valence-electron chi connectivity index (χ3n) is 5.32. The Bertz CT molecular complexity index is 1030. The Morgan fingerprint density at radius 3 is 2.47 bits per heavy atom. The molecule has 3 rings (SSSR count). The van der Waals surface area contributed by atoms with E-state index in [1.54, 1.807) is 18.2 Å². The molecule has 2 aromatic carbocycles. The van der Waals surface area contributed by atoms with Gasteiger partial charge in [0.25, 0.3) is 0 Å². The van der Waals surface area contributed by atoms with Gasteiger partial charge in [-0.15, -0.1) is 0 Å². The molecule has 2 N–H and O–H groups in total. The molecule has 2 aromatic rings. The third kappa shape index (κ3) is 5.30. The summed E-state index contributed by atoms with van der Waals surface area (Å²) in [4.78, 5) is 12.6. The molecule has 0 saturated heterocycles. The Labute approximate surface area is 185 Å². The first kappa shape index (κ1) is 22.5.